The van der Waals surface area contributed by atoms with E-state index < -0.39 is 0 Å². The predicted molar refractivity (Wildman–Crippen MR) is 111 cm³/mol. The summed E-state index contributed by atoms with van der Waals surface area (Å²) in [6, 6.07) is 1.10. The third-order valence-electron chi connectivity index (χ3n) is 3.93. The molecule has 0 unspecified atom stereocenters. The normalized spacial score (nSPS) is 13.2. The molecule has 0 aliphatic heterocycles. The van der Waals surface area contributed by atoms with Crippen molar-refractivity contribution < 1.29 is 0 Å². The topological polar surface area (TPSA) is 52.6 Å². The third kappa shape index (κ3) is 7.74. The predicted octanol–water partition coefficient (Wildman–Crippen LogP) is 3.61. The Hall–Kier alpha value is -1.14. The van der Waals surface area contributed by atoms with Crippen LogP contribution in [-0.2, 0) is 12.0 Å². The number of rotatable bonds is 8. The summed E-state index contributed by atoms with van der Waals surface area (Å²) in [6.07, 6.45) is 0. The minimum Gasteiger partial charge on any atom is -0.357 e. The third-order valence-corrected chi connectivity index (χ3v) is 5.24. The molecular formula is C19H37N5S. The van der Waals surface area contributed by atoms with Crippen LogP contribution < -0.4 is 10.6 Å². The Morgan fingerprint density at radius 3 is 2.32 bits per heavy atom. The number of guanidine groups is 1. The van der Waals surface area contributed by atoms with Crippen molar-refractivity contribution in [2.45, 2.75) is 79.4 Å². The molecule has 1 aromatic heterocycles. The highest BCUT2D eigenvalue weighted by Crippen LogP contribution is 2.25. The quantitative estimate of drug-likeness (QED) is 0.544. The number of aromatic nitrogens is 1. The largest absolute Gasteiger partial charge is 0.357 e. The van der Waals surface area contributed by atoms with Crippen molar-refractivity contribution in [3.63, 3.8) is 0 Å². The van der Waals surface area contributed by atoms with Crippen LogP contribution >= 0.6 is 11.3 Å². The van der Waals surface area contributed by atoms with Gasteiger partial charge < -0.3 is 10.6 Å². The fourth-order valence-electron chi connectivity index (χ4n) is 2.64. The standard InChI is InChI=1S/C19H37N5S/c1-9-20-18(21-10-11-24(14(2)3)15(4)5)22-12-16-13-25-17(23-16)19(6,7)8/h13-15H,9-12H2,1-8H3,(H2,20,21,22). The second-order valence-corrected chi connectivity index (χ2v) is 8.80. The Bertz CT molecular complexity index is 520. The van der Waals surface area contributed by atoms with Crippen LogP contribution in [0.25, 0.3) is 0 Å². The summed E-state index contributed by atoms with van der Waals surface area (Å²) in [5.41, 5.74) is 1.14. The molecule has 25 heavy (non-hydrogen) atoms. The van der Waals surface area contributed by atoms with Gasteiger partial charge in [-0.1, -0.05) is 20.8 Å². The molecule has 1 heterocycles. The number of nitrogens with zero attached hydrogens (tertiary/aromatic N) is 3. The average molecular weight is 368 g/mol. The molecule has 0 bridgehead atoms. The minimum atomic E-state index is 0.104. The van der Waals surface area contributed by atoms with Crippen molar-refractivity contribution in [3.05, 3.63) is 16.1 Å². The van der Waals surface area contributed by atoms with Gasteiger partial charge >= 0.3 is 0 Å². The molecule has 1 aromatic rings. The van der Waals surface area contributed by atoms with Crippen LogP contribution in [0.1, 0.15) is 66.1 Å². The van der Waals surface area contributed by atoms with Crippen LogP contribution in [0.15, 0.2) is 10.4 Å². The van der Waals surface area contributed by atoms with E-state index in [1.165, 1.54) is 5.01 Å². The van der Waals surface area contributed by atoms with Crippen LogP contribution in [0.2, 0.25) is 0 Å². The Morgan fingerprint density at radius 1 is 1.20 bits per heavy atom. The van der Waals surface area contributed by atoms with Gasteiger partial charge in [0.2, 0.25) is 0 Å². The first kappa shape index (κ1) is 21.9. The lowest BCUT2D eigenvalue weighted by molar-refractivity contribution is 0.178. The SMILES string of the molecule is CCNC(=NCc1csc(C(C)(C)C)n1)NCCN(C(C)C)C(C)C. The summed E-state index contributed by atoms with van der Waals surface area (Å²) >= 11 is 1.72. The Labute approximate surface area is 158 Å². The van der Waals surface area contributed by atoms with Gasteiger partial charge in [-0.25, -0.2) is 9.98 Å². The lowest BCUT2D eigenvalue weighted by Gasteiger charge is -2.30. The first-order valence-electron chi connectivity index (χ1n) is 9.38. The monoisotopic (exact) mass is 367 g/mol. The van der Waals surface area contributed by atoms with Crippen LogP contribution in [0.3, 0.4) is 0 Å². The number of hydrogen-bond donors (Lipinski definition) is 2. The molecular weight excluding hydrogens is 330 g/mol. The zero-order chi connectivity index (χ0) is 19.0. The first-order valence-corrected chi connectivity index (χ1v) is 10.3. The van der Waals surface area contributed by atoms with Gasteiger partial charge in [0.15, 0.2) is 5.96 Å². The van der Waals surface area contributed by atoms with E-state index >= 15 is 0 Å². The molecule has 0 saturated carbocycles. The fraction of sp³-hybridized carbons (Fsp3) is 0.789. The van der Waals surface area contributed by atoms with E-state index in [0.717, 1.165) is 31.3 Å². The summed E-state index contributed by atoms with van der Waals surface area (Å²) in [4.78, 5) is 11.9. The molecule has 0 aliphatic rings. The first-order chi connectivity index (χ1) is 11.6. The van der Waals surface area contributed by atoms with Gasteiger partial charge in [0.1, 0.15) is 0 Å². The van der Waals surface area contributed by atoms with Crippen LogP contribution in [0.4, 0.5) is 0 Å². The minimum absolute atomic E-state index is 0.104. The maximum Gasteiger partial charge on any atom is 0.191 e. The van der Waals surface area contributed by atoms with E-state index in [-0.39, 0.29) is 5.41 Å². The number of nitrogens with one attached hydrogen (secondary N) is 2. The van der Waals surface area contributed by atoms with Gasteiger partial charge in [-0.05, 0) is 34.6 Å². The lowest BCUT2D eigenvalue weighted by Crippen LogP contribution is -2.45. The highest BCUT2D eigenvalue weighted by Gasteiger charge is 2.18. The molecule has 0 aliphatic carbocycles. The van der Waals surface area contributed by atoms with E-state index in [4.69, 9.17) is 4.98 Å². The molecule has 0 radical (unpaired) electrons. The van der Waals surface area contributed by atoms with E-state index in [2.05, 4.69) is 81.3 Å². The molecule has 0 fully saturated rings. The van der Waals surface area contributed by atoms with Crippen LogP contribution in [-0.4, -0.2) is 47.6 Å². The Morgan fingerprint density at radius 2 is 1.84 bits per heavy atom. The van der Waals surface area contributed by atoms with E-state index in [1.54, 1.807) is 11.3 Å². The van der Waals surface area contributed by atoms with Gasteiger partial charge in [0, 0.05) is 42.5 Å². The molecule has 2 N–H and O–H groups in total. The number of hydrogen-bond acceptors (Lipinski definition) is 4. The van der Waals surface area contributed by atoms with Crippen molar-refractivity contribution in [3.8, 4) is 0 Å². The molecule has 1 rings (SSSR count). The van der Waals surface area contributed by atoms with Gasteiger partial charge in [0.25, 0.3) is 0 Å². The molecule has 0 spiro atoms. The highest BCUT2D eigenvalue weighted by molar-refractivity contribution is 7.09. The van der Waals surface area contributed by atoms with E-state index in [0.29, 0.717) is 18.6 Å². The summed E-state index contributed by atoms with van der Waals surface area (Å²) in [6.45, 7) is 21.0. The zero-order valence-electron chi connectivity index (χ0n) is 17.3. The summed E-state index contributed by atoms with van der Waals surface area (Å²) < 4.78 is 0. The van der Waals surface area contributed by atoms with Crippen molar-refractivity contribution in [2.75, 3.05) is 19.6 Å². The van der Waals surface area contributed by atoms with Crippen LogP contribution in [0.5, 0.6) is 0 Å². The number of aliphatic imine (C=N–C) groups is 1. The maximum atomic E-state index is 4.72. The smallest absolute Gasteiger partial charge is 0.191 e. The van der Waals surface area contributed by atoms with Gasteiger partial charge in [-0.2, -0.15) is 0 Å². The molecule has 5 nitrogen and oxygen atoms in total. The summed E-state index contributed by atoms with van der Waals surface area (Å²) in [7, 11) is 0. The molecule has 6 heteroatoms. The molecule has 144 valence electrons. The second kappa shape index (κ2) is 10.1. The molecule has 0 amide bonds. The Balaban J connectivity index is 2.60. The van der Waals surface area contributed by atoms with Crippen molar-refractivity contribution in [1.29, 1.82) is 0 Å². The fourth-order valence-corrected chi connectivity index (χ4v) is 3.54. The average Bonchev–Trinajstić information content (AvgIpc) is 2.97. The molecule has 0 aromatic carbocycles. The Kier molecular flexibility index (Phi) is 8.86. The van der Waals surface area contributed by atoms with E-state index in [9.17, 15) is 0 Å². The lowest BCUT2D eigenvalue weighted by atomic mass is 9.98. The molecule has 0 atom stereocenters. The van der Waals surface area contributed by atoms with Gasteiger partial charge in [-0.3, -0.25) is 4.90 Å². The van der Waals surface area contributed by atoms with Crippen molar-refractivity contribution in [2.24, 2.45) is 4.99 Å². The highest BCUT2D eigenvalue weighted by atomic mass is 32.1. The van der Waals surface area contributed by atoms with Crippen molar-refractivity contribution >= 4 is 17.3 Å². The molecule has 0 saturated heterocycles. The van der Waals surface area contributed by atoms with Gasteiger partial charge in [-0.15, -0.1) is 11.3 Å². The second-order valence-electron chi connectivity index (χ2n) is 7.94. The van der Waals surface area contributed by atoms with E-state index in [1.807, 2.05) is 0 Å². The summed E-state index contributed by atoms with van der Waals surface area (Å²) in [5.74, 6) is 0.861. The van der Waals surface area contributed by atoms with Crippen molar-refractivity contribution in [1.82, 2.24) is 20.5 Å². The summed E-state index contributed by atoms with van der Waals surface area (Å²) in [5, 5.41) is 10.0. The number of thiazole rings is 1. The van der Waals surface area contributed by atoms with Crippen LogP contribution in [0, 0.1) is 0 Å². The van der Waals surface area contributed by atoms with Gasteiger partial charge in [0.05, 0.1) is 17.2 Å². The zero-order valence-corrected chi connectivity index (χ0v) is 18.1. The maximum absolute atomic E-state index is 4.72.